The second kappa shape index (κ2) is 12.8. The zero-order valence-corrected chi connectivity index (χ0v) is 16.7. The largest absolute Gasteiger partial charge is 0.382 e. The highest BCUT2D eigenvalue weighted by Crippen LogP contribution is 2.25. The standard InChI is InChI=1S/C17H29N3O6S/c1-12(21)13(18)11-27-14-10-16(23)20(17(14)24)6-4-15(22)19-5-3-7-26-9-8-25-2/h13-14H,3-11,18H2,1-2H3,(H,19,22)/t13-,14?/m0/s1. The van der Waals surface area contributed by atoms with Crippen LogP contribution in [0.4, 0.5) is 0 Å². The van der Waals surface area contributed by atoms with Crippen molar-refractivity contribution in [2.45, 2.75) is 37.5 Å². The minimum Gasteiger partial charge on any atom is -0.382 e. The molecule has 0 radical (unpaired) electrons. The van der Waals surface area contributed by atoms with Crippen molar-refractivity contribution in [1.82, 2.24) is 10.2 Å². The Morgan fingerprint density at radius 2 is 2.07 bits per heavy atom. The predicted octanol–water partition coefficient (Wildman–Crippen LogP) is -0.677. The van der Waals surface area contributed by atoms with E-state index in [-0.39, 0.29) is 42.9 Å². The molecule has 0 saturated carbocycles. The fourth-order valence-electron chi connectivity index (χ4n) is 2.30. The van der Waals surface area contributed by atoms with Gasteiger partial charge < -0.3 is 20.5 Å². The van der Waals surface area contributed by atoms with Gasteiger partial charge in [0.1, 0.15) is 5.78 Å². The van der Waals surface area contributed by atoms with Crippen LogP contribution in [0.25, 0.3) is 0 Å². The Morgan fingerprint density at radius 3 is 2.74 bits per heavy atom. The number of ketones is 1. The fourth-order valence-corrected chi connectivity index (χ4v) is 3.51. The van der Waals surface area contributed by atoms with Crippen LogP contribution in [-0.2, 0) is 28.7 Å². The number of ether oxygens (including phenoxy) is 2. The molecule has 1 aliphatic rings. The molecular weight excluding hydrogens is 374 g/mol. The van der Waals surface area contributed by atoms with Crippen LogP contribution in [0.3, 0.4) is 0 Å². The van der Waals surface area contributed by atoms with E-state index >= 15 is 0 Å². The van der Waals surface area contributed by atoms with Gasteiger partial charge in [-0.15, -0.1) is 11.8 Å². The number of carbonyl (C=O) groups excluding carboxylic acids is 4. The van der Waals surface area contributed by atoms with E-state index in [0.29, 0.717) is 38.5 Å². The van der Waals surface area contributed by atoms with Crippen LogP contribution in [0.15, 0.2) is 0 Å². The van der Waals surface area contributed by atoms with Crippen LogP contribution in [-0.4, -0.2) is 85.5 Å². The molecule has 9 nitrogen and oxygen atoms in total. The van der Waals surface area contributed by atoms with Gasteiger partial charge in [0.15, 0.2) is 0 Å². The third kappa shape index (κ3) is 8.83. The number of nitrogens with two attached hydrogens (primary N) is 1. The Balaban J connectivity index is 2.23. The maximum atomic E-state index is 12.3. The molecule has 2 atom stereocenters. The first-order valence-corrected chi connectivity index (χ1v) is 9.97. The van der Waals surface area contributed by atoms with Crippen molar-refractivity contribution in [3.8, 4) is 0 Å². The van der Waals surface area contributed by atoms with Gasteiger partial charge in [0.25, 0.3) is 0 Å². The number of carbonyl (C=O) groups is 4. The number of thioether (sulfide) groups is 1. The Labute approximate surface area is 163 Å². The summed E-state index contributed by atoms with van der Waals surface area (Å²) in [6, 6.07) is -0.642. The fraction of sp³-hybridized carbons (Fsp3) is 0.765. The Kier molecular flexibility index (Phi) is 11.2. The molecule has 1 unspecified atom stereocenters. The third-order valence-corrected chi connectivity index (χ3v) is 5.31. The summed E-state index contributed by atoms with van der Waals surface area (Å²) in [5.74, 6) is -0.702. The molecule has 1 saturated heterocycles. The maximum Gasteiger partial charge on any atom is 0.242 e. The van der Waals surface area contributed by atoms with Crippen LogP contribution < -0.4 is 11.1 Å². The summed E-state index contributed by atoms with van der Waals surface area (Å²) in [7, 11) is 1.60. The van der Waals surface area contributed by atoms with Crippen LogP contribution in [0, 0.1) is 0 Å². The van der Waals surface area contributed by atoms with Crippen molar-refractivity contribution < 1.29 is 28.7 Å². The number of imide groups is 1. The lowest BCUT2D eigenvalue weighted by Gasteiger charge is -2.15. The van der Waals surface area contributed by atoms with Crippen molar-refractivity contribution >= 4 is 35.3 Å². The van der Waals surface area contributed by atoms with Crippen molar-refractivity contribution in [3.63, 3.8) is 0 Å². The van der Waals surface area contributed by atoms with Crippen LogP contribution in [0.5, 0.6) is 0 Å². The van der Waals surface area contributed by atoms with Crippen molar-refractivity contribution in [2.24, 2.45) is 5.73 Å². The highest BCUT2D eigenvalue weighted by molar-refractivity contribution is 8.00. The second-order valence-electron chi connectivity index (χ2n) is 6.19. The number of rotatable bonds is 14. The first-order valence-electron chi connectivity index (χ1n) is 8.92. The van der Waals surface area contributed by atoms with Gasteiger partial charge in [0.2, 0.25) is 17.7 Å². The topological polar surface area (TPSA) is 128 Å². The highest BCUT2D eigenvalue weighted by atomic mass is 32.2. The smallest absolute Gasteiger partial charge is 0.242 e. The maximum absolute atomic E-state index is 12.3. The summed E-state index contributed by atoms with van der Waals surface area (Å²) >= 11 is 1.21. The Morgan fingerprint density at radius 1 is 1.33 bits per heavy atom. The van der Waals surface area contributed by atoms with Gasteiger partial charge in [-0.05, 0) is 13.3 Å². The molecule has 1 aliphatic heterocycles. The zero-order chi connectivity index (χ0) is 20.2. The normalized spacial score (nSPS) is 18.0. The van der Waals surface area contributed by atoms with Gasteiger partial charge in [-0.1, -0.05) is 0 Å². The lowest BCUT2D eigenvalue weighted by molar-refractivity contribution is -0.138. The number of methoxy groups -OCH3 is 1. The van der Waals surface area contributed by atoms with E-state index in [0.717, 1.165) is 4.90 Å². The molecule has 0 aliphatic carbocycles. The van der Waals surface area contributed by atoms with E-state index in [4.69, 9.17) is 15.2 Å². The highest BCUT2D eigenvalue weighted by Gasteiger charge is 2.38. The number of amides is 3. The molecule has 0 aromatic heterocycles. The summed E-state index contributed by atoms with van der Waals surface area (Å²) < 4.78 is 10.1. The molecule has 154 valence electrons. The van der Waals surface area contributed by atoms with E-state index in [1.807, 2.05) is 0 Å². The molecule has 1 rings (SSSR count). The van der Waals surface area contributed by atoms with Gasteiger partial charge in [0, 0.05) is 45.4 Å². The Bertz CT molecular complexity index is 531. The summed E-state index contributed by atoms with van der Waals surface area (Å²) in [6.45, 7) is 3.49. The predicted molar refractivity (Wildman–Crippen MR) is 101 cm³/mol. The molecule has 0 bridgehead atoms. The van der Waals surface area contributed by atoms with E-state index in [1.165, 1.54) is 18.7 Å². The third-order valence-electron chi connectivity index (χ3n) is 3.98. The first-order chi connectivity index (χ1) is 12.9. The molecule has 0 aromatic carbocycles. The molecule has 1 heterocycles. The monoisotopic (exact) mass is 403 g/mol. The Hall–Kier alpha value is -1.49. The van der Waals surface area contributed by atoms with E-state index in [2.05, 4.69) is 5.32 Å². The lowest BCUT2D eigenvalue weighted by atomic mass is 10.3. The van der Waals surface area contributed by atoms with Crippen LogP contribution in [0.2, 0.25) is 0 Å². The molecule has 3 amide bonds. The van der Waals surface area contributed by atoms with Gasteiger partial charge in [-0.3, -0.25) is 24.1 Å². The summed E-state index contributed by atoms with van der Waals surface area (Å²) in [5.41, 5.74) is 5.65. The minimum atomic E-state index is -0.642. The minimum absolute atomic E-state index is 0.0592. The lowest BCUT2D eigenvalue weighted by Crippen LogP contribution is -2.36. The van der Waals surface area contributed by atoms with Crippen LogP contribution >= 0.6 is 11.8 Å². The molecule has 1 fully saturated rings. The number of Topliss-reactive ketones (excluding diaryl/α,β-unsaturated/α-hetero) is 1. The van der Waals surface area contributed by atoms with Crippen molar-refractivity contribution in [1.29, 1.82) is 0 Å². The second-order valence-corrected chi connectivity index (χ2v) is 7.42. The number of likely N-dealkylation sites (tertiary alicyclic amines) is 1. The molecule has 0 aromatic rings. The van der Waals surface area contributed by atoms with E-state index in [1.54, 1.807) is 7.11 Å². The van der Waals surface area contributed by atoms with Crippen molar-refractivity contribution in [2.75, 3.05) is 45.8 Å². The number of hydrogen-bond donors (Lipinski definition) is 2. The van der Waals surface area contributed by atoms with Gasteiger partial charge in [-0.25, -0.2) is 0 Å². The molecule has 27 heavy (non-hydrogen) atoms. The molecule has 3 N–H and O–H groups in total. The van der Waals surface area contributed by atoms with E-state index in [9.17, 15) is 19.2 Å². The number of nitrogens with one attached hydrogen (secondary N) is 1. The SMILES string of the molecule is COCCOCCCNC(=O)CCN1C(=O)CC(SC[C@H](N)C(C)=O)C1=O. The van der Waals surface area contributed by atoms with Gasteiger partial charge in [-0.2, -0.15) is 0 Å². The summed E-state index contributed by atoms with van der Waals surface area (Å²) in [4.78, 5) is 48.4. The quantitative estimate of drug-likeness (QED) is 0.288. The first kappa shape index (κ1) is 23.5. The average Bonchev–Trinajstić information content (AvgIpc) is 2.90. The molecular formula is C17H29N3O6S. The molecule has 0 spiro atoms. The van der Waals surface area contributed by atoms with Crippen molar-refractivity contribution in [3.05, 3.63) is 0 Å². The van der Waals surface area contributed by atoms with E-state index < -0.39 is 11.3 Å². The van der Waals surface area contributed by atoms with Gasteiger partial charge in [0.05, 0.1) is 24.5 Å². The number of nitrogens with zero attached hydrogens (tertiary/aromatic N) is 1. The van der Waals surface area contributed by atoms with Crippen LogP contribution in [0.1, 0.15) is 26.2 Å². The number of hydrogen-bond acceptors (Lipinski definition) is 8. The molecule has 10 heteroatoms. The van der Waals surface area contributed by atoms with Gasteiger partial charge >= 0.3 is 0 Å². The summed E-state index contributed by atoms with van der Waals surface area (Å²) in [5, 5.41) is 2.20. The zero-order valence-electron chi connectivity index (χ0n) is 15.9. The summed E-state index contributed by atoms with van der Waals surface area (Å²) in [6.07, 6.45) is 0.813. The average molecular weight is 404 g/mol.